The molecule has 4 rings (SSSR count). The van der Waals surface area contributed by atoms with Crippen LogP contribution in [-0.4, -0.2) is 35.1 Å². The number of rotatable bonds is 8. The second-order valence-corrected chi connectivity index (χ2v) is 8.09. The van der Waals surface area contributed by atoms with E-state index < -0.39 is 29.1 Å². The smallest absolute Gasteiger partial charge is 0.420 e. The molecule has 0 fully saturated rings. The summed E-state index contributed by atoms with van der Waals surface area (Å²) in [7, 11) is 1.55. The van der Waals surface area contributed by atoms with E-state index in [1.807, 2.05) is 0 Å². The van der Waals surface area contributed by atoms with Crippen LogP contribution in [0.15, 0.2) is 57.1 Å². The maximum atomic E-state index is 12.8. The number of hydrogen-bond acceptors (Lipinski definition) is 9. The van der Waals surface area contributed by atoms with Gasteiger partial charge in [-0.1, -0.05) is 12.1 Å². The van der Waals surface area contributed by atoms with Crippen LogP contribution < -0.4 is 15.8 Å². The van der Waals surface area contributed by atoms with Crippen molar-refractivity contribution in [2.24, 2.45) is 0 Å². The Kier molecular flexibility index (Phi) is 6.64. The highest BCUT2D eigenvalue weighted by Crippen LogP contribution is 2.37. The molecule has 1 N–H and O–H groups in total. The van der Waals surface area contributed by atoms with Gasteiger partial charge in [0.15, 0.2) is 5.58 Å². The number of ether oxygens (including phenoxy) is 2. The van der Waals surface area contributed by atoms with E-state index in [2.05, 4.69) is 5.32 Å². The SMILES string of the molecule is CCOC(=O)c1c(-c2ccc(OC)cc2)csc1NC(=O)Cn1c(=O)oc2cc([N+](=O)[O-])ccc21. The molecule has 2 aromatic heterocycles. The second-order valence-electron chi connectivity index (χ2n) is 7.21. The van der Waals surface area contributed by atoms with Crippen LogP contribution in [0.1, 0.15) is 17.3 Å². The van der Waals surface area contributed by atoms with Gasteiger partial charge >= 0.3 is 11.7 Å². The van der Waals surface area contributed by atoms with E-state index in [1.165, 1.54) is 12.1 Å². The topological polar surface area (TPSA) is 143 Å². The van der Waals surface area contributed by atoms with Crippen LogP contribution in [0.2, 0.25) is 0 Å². The van der Waals surface area contributed by atoms with Crippen molar-refractivity contribution in [1.29, 1.82) is 0 Å². The highest BCUT2D eigenvalue weighted by atomic mass is 32.1. The third-order valence-electron chi connectivity index (χ3n) is 5.09. The molecule has 0 bridgehead atoms. The van der Waals surface area contributed by atoms with E-state index in [9.17, 15) is 24.5 Å². The number of carbonyl (C=O) groups excluding carboxylic acids is 2. The van der Waals surface area contributed by atoms with Crippen molar-refractivity contribution in [3.05, 3.63) is 74.1 Å². The number of thiophene rings is 1. The van der Waals surface area contributed by atoms with Crippen LogP contribution in [-0.2, 0) is 16.1 Å². The zero-order valence-electron chi connectivity index (χ0n) is 18.6. The van der Waals surface area contributed by atoms with Crippen LogP contribution in [0, 0.1) is 10.1 Å². The van der Waals surface area contributed by atoms with Gasteiger partial charge in [0, 0.05) is 17.0 Å². The molecule has 0 saturated carbocycles. The molecular weight excluding hydrogens is 478 g/mol. The Balaban J connectivity index is 1.63. The van der Waals surface area contributed by atoms with Gasteiger partial charge in [0.05, 0.1) is 30.2 Å². The van der Waals surface area contributed by atoms with Gasteiger partial charge < -0.3 is 19.2 Å². The first-order valence-electron chi connectivity index (χ1n) is 10.3. The average molecular weight is 497 g/mol. The summed E-state index contributed by atoms with van der Waals surface area (Å²) in [5.41, 5.74) is 1.46. The average Bonchev–Trinajstić information content (AvgIpc) is 3.39. The third-order valence-corrected chi connectivity index (χ3v) is 5.98. The van der Waals surface area contributed by atoms with Gasteiger partial charge in [-0.15, -0.1) is 11.3 Å². The standard InChI is InChI=1S/C23H19N3O8S/c1-3-33-22(28)20-16(13-4-7-15(32-2)8-5-13)12-35-21(20)24-19(27)11-25-17-9-6-14(26(30)31)10-18(17)34-23(25)29/h4-10,12H,3,11H2,1-2H3,(H,24,27). The number of nitro groups is 1. The highest BCUT2D eigenvalue weighted by Gasteiger charge is 2.24. The molecule has 0 unspecified atom stereocenters. The summed E-state index contributed by atoms with van der Waals surface area (Å²) in [4.78, 5) is 48.2. The van der Waals surface area contributed by atoms with E-state index in [4.69, 9.17) is 13.9 Å². The molecule has 4 aromatic rings. The summed E-state index contributed by atoms with van der Waals surface area (Å²) in [5, 5.41) is 15.6. The van der Waals surface area contributed by atoms with E-state index >= 15 is 0 Å². The molecular formula is C23H19N3O8S. The quantitative estimate of drug-likeness (QED) is 0.218. The molecule has 0 radical (unpaired) electrons. The van der Waals surface area contributed by atoms with Gasteiger partial charge in [-0.2, -0.15) is 0 Å². The molecule has 2 heterocycles. The van der Waals surface area contributed by atoms with Crippen molar-refractivity contribution < 1.29 is 28.4 Å². The fourth-order valence-electron chi connectivity index (χ4n) is 3.47. The molecule has 0 aliphatic carbocycles. The lowest BCUT2D eigenvalue weighted by atomic mass is 10.0. The number of non-ortho nitro benzene ring substituents is 1. The number of hydrogen-bond donors (Lipinski definition) is 1. The first-order chi connectivity index (χ1) is 16.8. The molecule has 0 saturated heterocycles. The maximum Gasteiger partial charge on any atom is 0.420 e. The van der Waals surface area contributed by atoms with Gasteiger partial charge in [0.25, 0.3) is 5.69 Å². The number of aromatic nitrogens is 1. The number of anilines is 1. The van der Waals surface area contributed by atoms with Crippen molar-refractivity contribution >= 4 is 45.0 Å². The first-order valence-corrected chi connectivity index (χ1v) is 11.2. The van der Waals surface area contributed by atoms with E-state index in [0.29, 0.717) is 11.3 Å². The second kappa shape index (κ2) is 9.81. The monoisotopic (exact) mass is 497 g/mol. The normalized spacial score (nSPS) is 10.8. The number of methoxy groups -OCH3 is 1. The Morgan fingerprint density at radius 2 is 1.94 bits per heavy atom. The molecule has 1 amide bonds. The fourth-order valence-corrected chi connectivity index (χ4v) is 4.44. The lowest BCUT2D eigenvalue weighted by Gasteiger charge is -2.09. The lowest BCUT2D eigenvalue weighted by molar-refractivity contribution is -0.384. The van der Waals surface area contributed by atoms with Crippen LogP contribution in [0.5, 0.6) is 5.75 Å². The Hall–Kier alpha value is -4.45. The Bertz CT molecular complexity index is 1480. The predicted octanol–water partition coefficient (Wildman–Crippen LogP) is 4.06. The highest BCUT2D eigenvalue weighted by molar-refractivity contribution is 7.15. The number of esters is 1. The number of fused-ring (bicyclic) bond motifs is 1. The summed E-state index contributed by atoms with van der Waals surface area (Å²) >= 11 is 1.14. The number of nitrogens with one attached hydrogen (secondary N) is 1. The summed E-state index contributed by atoms with van der Waals surface area (Å²) in [6.07, 6.45) is 0. The van der Waals surface area contributed by atoms with Gasteiger partial charge in [0.2, 0.25) is 5.91 Å². The van der Waals surface area contributed by atoms with Crippen LogP contribution >= 0.6 is 11.3 Å². The third kappa shape index (κ3) is 4.77. The van der Waals surface area contributed by atoms with Crippen molar-refractivity contribution in [2.45, 2.75) is 13.5 Å². The number of amides is 1. The van der Waals surface area contributed by atoms with Crippen molar-refractivity contribution in [3.63, 3.8) is 0 Å². The van der Waals surface area contributed by atoms with Crippen molar-refractivity contribution in [1.82, 2.24) is 4.57 Å². The van der Waals surface area contributed by atoms with Crippen LogP contribution in [0.25, 0.3) is 22.2 Å². The van der Waals surface area contributed by atoms with E-state index in [0.717, 1.165) is 27.5 Å². The lowest BCUT2D eigenvalue weighted by Crippen LogP contribution is -2.25. The summed E-state index contributed by atoms with van der Waals surface area (Å²) < 4.78 is 16.5. The van der Waals surface area contributed by atoms with Crippen molar-refractivity contribution in [3.8, 4) is 16.9 Å². The molecule has 2 aromatic carbocycles. The van der Waals surface area contributed by atoms with Crippen LogP contribution in [0.3, 0.4) is 0 Å². The van der Waals surface area contributed by atoms with Gasteiger partial charge in [-0.3, -0.25) is 19.5 Å². The molecule has 11 nitrogen and oxygen atoms in total. The Morgan fingerprint density at radius 1 is 1.20 bits per heavy atom. The molecule has 0 aliphatic rings. The molecule has 0 aliphatic heterocycles. The zero-order chi connectivity index (χ0) is 25.1. The molecule has 12 heteroatoms. The minimum Gasteiger partial charge on any atom is -0.497 e. The number of oxazole rings is 1. The Labute approximate surface area is 201 Å². The largest absolute Gasteiger partial charge is 0.497 e. The maximum absolute atomic E-state index is 12.8. The van der Waals surface area contributed by atoms with Gasteiger partial charge in [0.1, 0.15) is 22.9 Å². The molecule has 35 heavy (non-hydrogen) atoms. The zero-order valence-corrected chi connectivity index (χ0v) is 19.4. The predicted molar refractivity (Wildman–Crippen MR) is 128 cm³/mol. The molecule has 0 spiro atoms. The van der Waals surface area contributed by atoms with E-state index in [-0.39, 0.29) is 34.0 Å². The Morgan fingerprint density at radius 3 is 2.60 bits per heavy atom. The number of carbonyl (C=O) groups is 2. The minimum absolute atomic E-state index is 0.0119. The number of benzene rings is 2. The first kappa shape index (κ1) is 23.7. The number of nitro benzene ring substituents is 1. The summed E-state index contributed by atoms with van der Waals surface area (Å²) in [5.74, 6) is -1.39. The van der Waals surface area contributed by atoms with Crippen molar-refractivity contribution in [2.75, 3.05) is 19.0 Å². The number of nitrogens with zero attached hydrogens (tertiary/aromatic N) is 2. The fraction of sp³-hybridized carbons (Fsp3) is 0.174. The van der Waals surface area contributed by atoms with Crippen LogP contribution in [0.4, 0.5) is 10.7 Å². The molecule has 0 atom stereocenters. The molecule has 180 valence electrons. The summed E-state index contributed by atoms with van der Waals surface area (Å²) in [6.45, 7) is 1.39. The minimum atomic E-state index is -0.841. The van der Waals surface area contributed by atoms with Gasteiger partial charge in [-0.05, 0) is 30.7 Å². The van der Waals surface area contributed by atoms with Gasteiger partial charge in [-0.25, -0.2) is 9.59 Å². The summed E-state index contributed by atoms with van der Waals surface area (Å²) in [6, 6.07) is 10.7. The van der Waals surface area contributed by atoms with E-state index in [1.54, 1.807) is 43.7 Å².